The second-order valence-electron chi connectivity index (χ2n) is 6.10. The number of aliphatic carboxylic acids is 1. The van der Waals surface area contributed by atoms with Crippen LogP contribution in [0.25, 0.3) is 0 Å². The van der Waals surface area contributed by atoms with E-state index in [9.17, 15) is 14.4 Å². The fourth-order valence-electron chi connectivity index (χ4n) is 2.24. The SMILES string of the molecule is CC(C)(CC=O)CC(C)(C)CCC(=O)C(=O)O. The molecule has 0 aromatic carbocycles. The van der Waals surface area contributed by atoms with Crippen molar-refractivity contribution in [3.63, 3.8) is 0 Å². The minimum Gasteiger partial charge on any atom is -0.476 e. The first-order chi connectivity index (χ1) is 7.59. The summed E-state index contributed by atoms with van der Waals surface area (Å²) in [6.07, 6.45) is 2.74. The van der Waals surface area contributed by atoms with Gasteiger partial charge in [-0.25, -0.2) is 4.79 Å². The molecule has 0 radical (unpaired) electrons. The van der Waals surface area contributed by atoms with Crippen LogP contribution in [0.4, 0.5) is 0 Å². The zero-order valence-electron chi connectivity index (χ0n) is 11.1. The lowest BCUT2D eigenvalue weighted by atomic mass is 9.71. The van der Waals surface area contributed by atoms with Gasteiger partial charge >= 0.3 is 5.97 Å². The van der Waals surface area contributed by atoms with Gasteiger partial charge in [-0.3, -0.25) is 4.79 Å². The van der Waals surface area contributed by atoms with E-state index in [1.54, 1.807) is 0 Å². The molecule has 1 N–H and O–H groups in total. The van der Waals surface area contributed by atoms with Crippen LogP contribution in [0.2, 0.25) is 0 Å². The highest BCUT2D eigenvalue weighted by atomic mass is 16.4. The van der Waals surface area contributed by atoms with Crippen molar-refractivity contribution in [2.45, 2.75) is 53.4 Å². The summed E-state index contributed by atoms with van der Waals surface area (Å²) < 4.78 is 0. The van der Waals surface area contributed by atoms with Crippen molar-refractivity contribution >= 4 is 18.0 Å². The van der Waals surface area contributed by atoms with Gasteiger partial charge in [0.15, 0.2) is 0 Å². The topological polar surface area (TPSA) is 71.4 Å². The lowest BCUT2D eigenvalue weighted by Gasteiger charge is -2.33. The molecule has 0 bridgehead atoms. The summed E-state index contributed by atoms with van der Waals surface area (Å²) in [5.74, 6) is -2.11. The fourth-order valence-corrected chi connectivity index (χ4v) is 2.24. The largest absolute Gasteiger partial charge is 0.476 e. The maximum absolute atomic E-state index is 11.0. The molecule has 0 aliphatic carbocycles. The van der Waals surface area contributed by atoms with E-state index in [0.29, 0.717) is 12.8 Å². The van der Waals surface area contributed by atoms with Gasteiger partial charge in [0, 0.05) is 12.8 Å². The van der Waals surface area contributed by atoms with E-state index < -0.39 is 11.8 Å². The maximum atomic E-state index is 11.0. The molecule has 0 aliphatic rings. The molecular formula is C13H22O4. The summed E-state index contributed by atoms with van der Waals surface area (Å²) in [6.45, 7) is 7.99. The third kappa shape index (κ3) is 6.87. The first-order valence-corrected chi connectivity index (χ1v) is 5.79. The number of aldehydes is 1. The van der Waals surface area contributed by atoms with Crippen LogP contribution in [0.1, 0.15) is 53.4 Å². The summed E-state index contributed by atoms with van der Waals surface area (Å²) in [5.41, 5.74) is -0.255. The number of rotatable bonds is 8. The van der Waals surface area contributed by atoms with Gasteiger partial charge in [-0.05, 0) is 23.7 Å². The Morgan fingerprint density at radius 2 is 1.65 bits per heavy atom. The Balaban J connectivity index is 4.33. The Morgan fingerprint density at radius 3 is 2.06 bits per heavy atom. The molecule has 0 aliphatic heterocycles. The normalized spacial score (nSPS) is 12.2. The monoisotopic (exact) mass is 242 g/mol. The quantitative estimate of drug-likeness (QED) is 0.524. The van der Waals surface area contributed by atoms with E-state index in [-0.39, 0.29) is 17.3 Å². The summed E-state index contributed by atoms with van der Waals surface area (Å²) in [4.78, 5) is 32.0. The van der Waals surface area contributed by atoms with Crippen LogP contribution >= 0.6 is 0 Å². The molecular weight excluding hydrogens is 220 g/mol. The predicted octanol–water partition coefficient (Wildman–Crippen LogP) is 2.45. The number of Topliss-reactive ketones (excluding diaryl/α,β-unsaturated/α-hetero) is 1. The van der Waals surface area contributed by atoms with Gasteiger partial charge in [0.25, 0.3) is 0 Å². The first kappa shape index (κ1) is 15.8. The highest BCUT2D eigenvalue weighted by molar-refractivity contribution is 6.32. The lowest BCUT2D eigenvalue weighted by Crippen LogP contribution is -2.25. The highest BCUT2D eigenvalue weighted by Gasteiger charge is 2.29. The molecule has 4 heteroatoms. The molecule has 0 fully saturated rings. The van der Waals surface area contributed by atoms with Crippen LogP contribution in [-0.4, -0.2) is 23.1 Å². The molecule has 0 saturated carbocycles. The van der Waals surface area contributed by atoms with Crippen LogP contribution in [0.3, 0.4) is 0 Å². The van der Waals surface area contributed by atoms with Gasteiger partial charge in [0.2, 0.25) is 5.78 Å². The second kappa shape index (κ2) is 5.94. The highest BCUT2D eigenvalue weighted by Crippen LogP contribution is 2.38. The molecule has 0 unspecified atom stereocenters. The van der Waals surface area contributed by atoms with Crippen molar-refractivity contribution in [1.29, 1.82) is 0 Å². The van der Waals surface area contributed by atoms with Gasteiger partial charge < -0.3 is 9.90 Å². The predicted molar refractivity (Wildman–Crippen MR) is 64.7 cm³/mol. The van der Waals surface area contributed by atoms with Crippen LogP contribution in [0.5, 0.6) is 0 Å². The smallest absolute Gasteiger partial charge is 0.372 e. The van der Waals surface area contributed by atoms with Gasteiger partial charge in [0.1, 0.15) is 6.29 Å². The van der Waals surface area contributed by atoms with Crippen LogP contribution < -0.4 is 0 Å². The standard InChI is InChI=1S/C13H22O4/c1-12(2,6-5-10(15)11(16)17)9-13(3,4)7-8-14/h8H,5-7,9H2,1-4H3,(H,16,17). The van der Waals surface area contributed by atoms with Gasteiger partial charge in [0.05, 0.1) is 0 Å². The van der Waals surface area contributed by atoms with Crippen LogP contribution in [0, 0.1) is 10.8 Å². The number of carbonyl (C=O) groups is 3. The molecule has 0 spiro atoms. The minimum atomic E-state index is -1.37. The van der Waals surface area contributed by atoms with Crippen molar-refractivity contribution < 1.29 is 19.5 Å². The molecule has 0 aromatic heterocycles. The lowest BCUT2D eigenvalue weighted by molar-refractivity contribution is -0.149. The molecule has 98 valence electrons. The van der Waals surface area contributed by atoms with Gasteiger partial charge in [-0.1, -0.05) is 27.7 Å². The summed E-state index contributed by atoms with van der Waals surface area (Å²) in [5, 5.41) is 8.50. The zero-order valence-corrected chi connectivity index (χ0v) is 11.1. The number of carbonyl (C=O) groups excluding carboxylic acids is 2. The molecule has 4 nitrogen and oxygen atoms in total. The van der Waals surface area contributed by atoms with Crippen LogP contribution in [0.15, 0.2) is 0 Å². The van der Waals surface area contributed by atoms with E-state index in [1.807, 2.05) is 27.7 Å². The average Bonchev–Trinajstić information content (AvgIpc) is 2.11. The number of ketones is 1. The Labute approximate surface area is 102 Å². The molecule has 0 aromatic rings. The molecule has 0 rings (SSSR count). The number of hydrogen-bond donors (Lipinski definition) is 1. The average molecular weight is 242 g/mol. The van der Waals surface area contributed by atoms with E-state index >= 15 is 0 Å². The van der Waals surface area contributed by atoms with Gasteiger partial charge in [-0.15, -0.1) is 0 Å². The number of hydrogen-bond acceptors (Lipinski definition) is 3. The second-order valence-corrected chi connectivity index (χ2v) is 6.10. The van der Waals surface area contributed by atoms with Crippen molar-refractivity contribution in [3.05, 3.63) is 0 Å². The van der Waals surface area contributed by atoms with Crippen molar-refractivity contribution in [2.24, 2.45) is 10.8 Å². The molecule has 17 heavy (non-hydrogen) atoms. The Morgan fingerprint density at radius 1 is 1.12 bits per heavy atom. The van der Waals surface area contributed by atoms with E-state index in [1.165, 1.54) is 0 Å². The number of carboxylic acids is 1. The van der Waals surface area contributed by atoms with Gasteiger partial charge in [-0.2, -0.15) is 0 Å². The maximum Gasteiger partial charge on any atom is 0.372 e. The van der Waals surface area contributed by atoms with E-state index in [0.717, 1.165) is 12.7 Å². The summed E-state index contributed by atoms with van der Waals surface area (Å²) in [6, 6.07) is 0. The zero-order chi connectivity index (χ0) is 13.7. The Kier molecular flexibility index (Phi) is 5.52. The Bertz CT molecular complexity index is 303. The third-order valence-electron chi connectivity index (χ3n) is 2.86. The van der Waals surface area contributed by atoms with Crippen molar-refractivity contribution in [1.82, 2.24) is 0 Å². The fraction of sp³-hybridized carbons (Fsp3) is 0.769. The van der Waals surface area contributed by atoms with E-state index in [2.05, 4.69) is 0 Å². The van der Waals surface area contributed by atoms with Crippen LogP contribution in [-0.2, 0) is 14.4 Å². The molecule has 0 amide bonds. The summed E-state index contributed by atoms with van der Waals surface area (Å²) >= 11 is 0. The number of carboxylic acid groups (broad SMARTS) is 1. The third-order valence-corrected chi connectivity index (χ3v) is 2.86. The van der Waals surface area contributed by atoms with Crippen molar-refractivity contribution in [2.75, 3.05) is 0 Å². The molecule has 0 atom stereocenters. The summed E-state index contributed by atoms with van der Waals surface area (Å²) in [7, 11) is 0. The Hall–Kier alpha value is -1.19. The first-order valence-electron chi connectivity index (χ1n) is 5.79. The minimum absolute atomic E-state index is 0.0551. The van der Waals surface area contributed by atoms with Crippen molar-refractivity contribution in [3.8, 4) is 0 Å². The molecule has 0 saturated heterocycles. The molecule has 0 heterocycles. The van der Waals surface area contributed by atoms with E-state index in [4.69, 9.17) is 5.11 Å².